The van der Waals surface area contributed by atoms with Gasteiger partial charge in [-0.2, -0.15) is 0 Å². The quantitative estimate of drug-likeness (QED) is 0.286. The zero-order valence-corrected chi connectivity index (χ0v) is 22.9. The van der Waals surface area contributed by atoms with Gasteiger partial charge in [-0.3, -0.25) is 9.59 Å². The molecule has 3 aromatic rings. The number of nitrogens with one attached hydrogen (secondary N) is 1. The molecule has 1 saturated carbocycles. The van der Waals surface area contributed by atoms with E-state index in [1.807, 2.05) is 0 Å². The average molecular weight is 650 g/mol. The van der Waals surface area contributed by atoms with Crippen LogP contribution in [0.15, 0.2) is 60.7 Å². The van der Waals surface area contributed by atoms with Crippen LogP contribution in [-0.2, 0) is 4.79 Å². The van der Waals surface area contributed by atoms with Crippen molar-refractivity contribution in [1.82, 2.24) is 0 Å². The lowest BCUT2D eigenvalue weighted by atomic mass is 10.1. The van der Waals surface area contributed by atoms with Crippen molar-refractivity contribution in [2.24, 2.45) is 5.92 Å². The van der Waals surface area contributed by atoms with Gasteiger partial charge in [0.1, 0.15) is 9.05 Å². The average Bonchev–Trinajstić information content (AvgIpc) is 3.36. The number of anilines is 2. The molecule has 34 heavy (non-hydrogen) atoms. The van der Waals surface area contributed by atoms with E-state index in [2.05, 4.69) is 37.2 Å². The summed E-state index contributed by atoms with van der Waals surface area (Å²) in [7, 11) is 1.56. The molecule has 0 bridgehead atoms. The lowest BCUT2D eigenvalue weighted by Crippen LogP contribution is -2.26. The van der Waals surface area contributed by atoms with E-state index in [1.165, 1.54) is 35.2 Å². The second-order valence-corrected chi connectivity index (χ2v) is 12.8. The van der Waals surface area contributed by atoms with Crippen LogP contribution in [0.1, 0.15) is 21.8 Å². The molecule has 1 N–H and O–H groups in total. The number of rotatable bonds is 5. The number of halogens is 6. The summed E-state index contributed by atoms with van der Waals surface area (Å²) in [6, 6.07) is 15.4. The smallest absolute Gasteiger partial charge is 0.259 e. The molecule has 2 atom stereocenters. The Hall–Kier alpha value is -1.64. The fourth-order valence-electron chi connectivity index (χ4n) is 3.77. The highest BCUT2D eigenvalue weighted by Crippen LogP contribution is 2.67. The van der Waals surface area contributed by atoms with E-state index in [0.717, 1.165) is 5.56 Å². The molecule has 4 rings (SSSR count). The van der Waals surface area contributed by atoms with Gasteiger partial charge in [0.15, 0.2) is 0 Å². The van der Waals surface area contributed by atoms with Crippen molar-refractivity contribution in [2.75, 3.05) is 17.3 Å². The SMILES string of the molecule is CN(C(=O)c1cc(NC(=O)C2C(c3cc(Cl)cc(Cl)c3)C2(Br)Br)ccc1Cl)c1ccc(F)cc1. The number of carbonyl (C=O) groups is 2. The highest BCUT2D eigenvalue weighted by molar-refractivity contribution is 9.25. The van der Waals surface area contributed by atoms with Gasteiger partial charge in [0.05, 0.1) is 16.5 Å². The Labute approximate surface area is 227 Å². The minimum Gasteiger partial charge on any atom is -0.326 e. The first-order valence-electron chi connectivity index (χ1n) is 9.97. The molecular formula is C24H16Br2Cl3FN2O2. The van der Waals surface area contributed by atoms with Crippen molar-refractivity contribution < 1.29 is 14.0 Å². The normalized spacial score (nSPS) is 18.3. The van der Waals surface area contributed by atoms with Crippen molar-refractivity contribution in [3.05, 3.63) is 92.7 Å². The molecule has 0 aromatic heterocycles. The number of alkyl halides is 2. The maximum atomic E-state index is 13.2. The highest BCUT2D eigenvalue weighted by atomic mass is 79.9. The van der Waals surface area contributed by atoms with Crippen LogP contribution in [0.4, 0.5) is 15.8 Å². The number of hydrogen-bond donors (Lipinski definition) is 1. The number of benzene rings is 3. The zero-order valence-electron chi connectivity index (χ0n) is 17.5. The summed E-state index contributed by atoms with van der Waals surface area (Å²) in [6.45, 7) is 0. The summed E-state index contributed by atoms with van der Waals surface area (Å²) in [4.78, 5) is 27.5. The third kappa shape index (κ3) is 5.14. The molecule has 2 amide bonds. The Kier molecular flexibility index (Phi) is 7.32. The predicted molar refractivity (Wildman–Crippen MR) is 142 cm³/mol. The molecule has 0 heterocycles. The molecule has 0 aliphatic heterocycles. The molecule has 3 aromatic carbocycles. The van der Waals surface area contributed by atoms with Gasteiger partial charge in [0.2, 0.25) is 5.91 Å². The predicted octanol–water partition coefficient (Wildman–Crippen LogP) is 7.90. The van der Waals surface area contributed by atoms with Crippen LogP contribution in [0.25, 0.3) is 0 Å². The third-order valence-corrected chi connectivity index (χ3v) is 8.30. The van der Waals surface area contributed by atoms with E-state index < -0.39 is 20.9 Å². The second-order valence-electron chi connectivity index (χ2n) is 7.86. The number of hydrogen-bond acceptors (Lipinski definition) is 2. The third-order valence-electron chi connectivity index (χ3n) is 5.56. The van der Waals surface area contributed by atoms with Gasteiger partial charge in [0, 0.05) is 34.4 Å². The minimum atomic E-state index is -0.661. The van der Waals surface area contributed by atoms with Crippen molar-refractivity contribution in [3.63, 3.8) is 0 Å². The van der Waals surface area contributed by atoms with Gasteiger partial charge in [-0.25, -0.2) is 4.39 Å². The summed E-state index contributed by atoms with van der Waals surface area (Å²) >= 11 is 25.7. The lowest BCUT2D eigenvalue weighted by Gasteiger charge is -2.18. The fourth-order valence-corrected chi connectivity index (χ4v) is 6.25. The molecule has 1 aliphatic rings. The van der Waals surface area contributed by atoms with Gasteiger partial charge in [-0.05, 0) is 66.2 Å². The van der Waals surface area contributed by atoms with E-state index in [1.54, 1.807) is 37.4 Å². The monoisotopic (exact) mass is 646 g/mol. The van der Waals surface area contributed by atoms with Crippen molar-refractivity contribution >= 4 is 89.9 Å². The maximum Gasteiger partial charge on any atom is 0.259 e. The Bertz CT molecular complexity index is 1270. The van der Waals surface area contributed by atoms with E-state index in [9.17, 15) is 14.0 Å². The van der Waals surface area contributed by atoms with Gasteiger partial charge in [-0.15, -0.1) is 0 Å². The van der Waals surface area contributed by atoms with Gasteiger partial charge >= 0.3 is 0 Å². The van der Waals surface area contributed by atoms with E-state index >= 15 is 0 Å². The Morgan fingerprint density at radius 3 is 2.21 bits per heavy atom. The number of amides is 2. The molecule has 0 radical (unpaired) electrons. The minimum absolute atomic E-state index is 0.198. The number of carbonyl (C=O) groups excluding carboxylic acids is 2. The Balaban J connectivity index is 1.53. The van der Waals surface area contributed by atoms with Crippen molar-refractivity contribution in [2.45, 2.75) is 9.15 Å². The topological polar surface area (TPSA) is 49.4 Å². The van der Waals surface area contributed by atoms with Crippen molar-refractivity contribution in [3.8, 4) is 0 Å². The van der Waals surface area contributed by atoms with Crippen LogP contribution < -0.4 is 10.2 Å². The van der Waals surface area contributed by atoms with Gasteiger partial charge in [-0.1, -0.05) is 66.7 Å². The molecular weight excluding hydrogens is 633 g/mol. The first-order chi connectivity index (χ1) is 16.0. The second kappa shape index (κ2) is 9.78. The molecule has 1 aliphatic carbocycles. The molecule has 10 heteroatoms. The zero-order chi connectivity index (χ0) is 24.8. The molecule has 0 spiro atoms. The fraction of sp³-hybridized carbons (Fsp3) is 0.167. The highest BCUT2D eigenvalue weighted by Gasteiger charge is 2.66. The van der Waals surface area contributed by atoms with Crippen LogP contribution in [0.3, 0.4) is 0 Å². The first-order valence-corrected chi connectivity index (χ1v) is 12.7. The van der Waals surface area contributed by atoms with Crippen LogP contribution in [0.5, 0.6) is 0 Å². The molecule has 176 valence electrons. The summed E-state index contributed by atoms with van der Waals surface area (Å²) in [5.41, 5.74) is 1.93. The van der Waals surface area contributed by atoms with Crippen LogP contribution in [0.2, 0.25) is 15.1 Å². The Morgan fingerprint density at radius 2 is 1.59 bits per heavy atom. The van der Waals surface area contributed by atoms with Crippen LogP contribution >= 0.6 is 66.7 Å². The van der Waals surface area contributed by atoms with Crippen LogP contribution in [-0.4, -0.2) is 22.1 Å². The molecule has 1 fully saturated rings. The summed E-state index contributed by atoms with van der Waals surface area (Å²) in [5, 5.41) is 4.04. The largest absolute Gasteiger partial charge is 0.326 e. The summed E-state index contributed by atoms with van der Waals surface area (Å²) in [5.74, 6) is -1.73. The first kappa shape index (κ1) is 25.5. The van der Waals surface area contributed by atoms with Gasteiger partial charge < -0.3 is 10.2 Å². The number of nitrogens with zero attached hydrogens (tertiary/aromatic N) is 1. The van der Waals surface area contributed by atoms with Gasteiger partial charge in [0.25, 0.3) is 5.91 Å². The molecule has 0 saturated heterocycles. The van der Waals surface area contributed by atoms with E-state index in [4.69, 9.17) is 34.8 Å². The van der Waals surface area contributed by atoms with Crippen LogP contribution in [0, 0.1) is 11.7 Å². The van der Waals surface area contributed by atoms with E-state index in [-0.39, 0.29) is 22.4 Å². The van der Waals surface area contributed by atoms with E-state index in [0.29, 0.717) is 21.4 Å². The summed E-state index contributed by atoms with van der Waals surface area (Å²) < 4.78 is 12.6. The molecule has 2 unspecified atom stereocenters. The Morgan fingerprint density at radius 1 is 0.971 bits per heavy atom. The lowest BCUT2D eigenvalue weighted by molar-refractivity contribution is -0.117. The summed E-state index contributed by atoms with van der Waals surface area (Å²) in [6.07, 6.45) is 0. The maximum absolute atomic E-state index is 13.2. The standard InChI is InChI=1S/C24H16Br2Cl3FN2O2/c1-32(17-5-2-15(30)3-6-17)23(34)18-11-16(4-7-19(18)29)31-22(33)21-20(24(21,25)26)12-8-13(27)10-14(28)9-12/h2-11,20-21H,1H3,(H,31,33). The molecule has 4 nitrogen and oxygen atoms in total. The van der Waals surface area contributed by atoms with Crippen molar-refractivity contribution in [1.29, 1.82) is 0 Å².